The van der Waals surface area contributed by atoms with E-state index in [0.717, 1.165) is 76.0 Å². The number of fused-ring (bicyclic) bond motifs is 2. The molecule has 5 heterocycles. The van der Waals surface area contributed by atoms with Crippen LogP contribution in [0.3, 0.4) is 0 Å². The predicted octanol–water partition coefficient (Wildman–Crippen LogP) is 3.87. The maximum absolute atomic E-state index is 6.86. The van der Waals surface area contributed by atoms with Gasteiger partial charge in [0.2, 0.25) is 0 Å². The first-order valence-electron chi connectivity index (χ1n) is 12.2. The smallest absolute Gasteiger partial charge is 0.196 e. The molecule has 0 unspecified atom stereocenters. The van der Waals surface area contributed by atoms with Crippen LogP contribution in [0, 0.1) is 0 Å². The van der Waals surface area contributed by atoms with Crippen molar-refractivity contribution >= 4 is 56.8 Å². The molecule has 2 saturated heterocycles. The van der Waals surface area contributed by atoms with Crippen molar-refractivity contribution in [3.8, 4) is 0 Å². The van der Waals surface area contributed by atoms with Gasteiger partial charge in [0.25, 0.3) is 0 Å². The molecule has 0 amide bonds. The van der Waals surface area contributed by atoms with E-state index in [1.807, 2.05) is 6.20 Å². The number of H-pyrrole nitrogens is 1. The Morgan fingerprint density at radius 1 is 1.00 bits per heavy atom. The van der Waals surface area contributed by atoms with Crippen molar-refractivity contribution in [2.75, 3.05) is 36.0 Å². The summed E-state index contributed by atoms with van der Waals surface area (Å²) in [6, 6.07) is 8.84. The Morgan fingerprint density at radius 2 is 1.83 bits per heavy atom. The second-order valence-electron chi connectivity index (χ2n) is 9.95. The molecule has 4 aromatic rings. The molecule has 3 fully saturated rings. The fourth-order valence-electron chi connectivity index (χ4n) is 5.21. The minimum atomic E-state index is 0.151. The molecule has 8 nitrogen and oxygen atoms in total. The molecule has 5 N–H and O–H groups in total. The Kier molecular flexibility index (Phi) is 5.10. The highest BCUT2D eigenvalue weighted by Gasteiger charge is 2.32. The van der Waals surface area contributed by atoms with Gasteiger partial charge in [-0.1, -0.05) is 11.6 Å². The molecule has 0 radical (unpaired) electrons. The fraction of sp³-hybridized carbons (Fsp3) is 0.400. The monoisotopic (exact) mass is 506 g/mol. The first-order chi connectivity index (χ1) is 17.0. The number of nitrogens with one attached hydrogen (secondary N) is 1. The van der Waals surface area contributed by atoms with Gasteiger partial charge in [-0.05, 0) is 55.3 Å². The Bertz CT molecular complexity index is 1440. The zero-order valence-electron chi connectivity index (χ0n) is 19.2. The average Bonchev–Trinajstić information content (AvgIpc) is 3.50. The second kappa shape index (κ2) is 8.23. The Morgan fingerprint density at radius 3 is 2.57 bits per heavy atom. The first kappa shape index (κ1) is 21.7. The minimum Gasteiger partial charge on any atom is -0.368 e. The summed E-state index contributed by atoms with van der Waals surface area (Å²) >= 11 is 8.41. The molecule has 3 aliphatic rings. The highest BCUT2D eigenvalue weighted by Crippen LogP contribution is 2.47. The van der Waals surface area contributed by atoms with E-state index in [-0.39, 0.29) is 12.1 Å². The number of benzene rings is 1. The van der Waals surface area contributed by atoms with E-state index < -0.39 is 0 Å². The third kappa shape index (κ3) is 3.81. The lowest BCUT2D eigenvalue weighted by Crippen LogP contribution is -2.55. The number of rotatable bonds is 5. The lowest BCUT2D eigenvalue weighted by Gasteiger charge is -2.39. The summed E-state index contributed by atoms with van der Waals surface area (Å²) in [4.78, 5) is 23.6. The van der Waals surface area contributed by atoms with E-state index >= 15 is 0 Å². The van der Waals surface area contributed by atoms with Crippen LogP contribution in [0.2, 0.25) is 5.02 Å². The number of hydrogen-bond donors (Lipinski definition) is 3. The molecule has 0 spiro atoms. The predicted molar refractivity (Wildman–Crippen MR) is 142 cm³/mol. The van der Waals surface area contributed by atoms with Crippen molar-refractivity contribution in [2.24, 2.45) is 11.5 Å². The number of aromatic nitrogens is 4. The van der Waals surface area contributed by atoms with E-state index in [1.54, 1.807) is 11.8 Å². The summed E-state index contributed by atoms with van der Waals surface area (Å²) in [6.45, 7) is 3.42. The normalized spacial score (nSPS) is 20.8. The van der Waals surface area contributed by atoms with Crippen LogP contribution < -0.4 is 21.3 Å². The summed E-state index contributed by atoms with van der Waals surface area (Å²) in [7, 11) is 0. The molecule has 1 atom stereocenters. The van der Waals surface area contributed by atoms with Crippen LogP contribution >= 0.6 is 23.4 Å². The molecule has 1 aliphatic carbocycles. The first-order valence-corrected chi connectivity index (χ1v) is 13.4. The maximum Gasteiger partial charge on any atom is 0.196 e. The van der Waals surface area contributed by atoms with Crippen molar-refractivity contribution in [3.63, 3.8) is 0 Å². The largest absolute Gasteiger partial charge is 0.368 e. The third-order valence-corrected chi connectivity index (χ3v) is 8.49. The molecule has 180 valence electrons. The Labute approximate surface area is 212 Å². The second-order valence-corrected chi connectivity index (χ2v) is 11.4. The van der Waals surface area contributed by atoms with Gasteiger partial charge in [0.05, 0.1) is 15.9 Å². The van der Waals surface area contributed by atoms with Gasteiger partial charge < -0.3 is 26.3 Å². The third-order valence-electron chi connectivity index (χ3n) is 7.24. The molecule has 7 rings (SSSR count). The number of nitrogens with zero attached hydrogens (tertiary/aromatic N) is 5. The molecule has 10 heteroatoms. The van der Waals surface area contributed by atoms with Crippen LogP contribution in [0.25, 0.3) is 21.9 Å². The van der Waals surface area contributed by atoms with E-state index in [4.69, 9.17) is 33.0 Å². The van der Waals surface area contributed by atoms with Gasteiger partial charge in [-0.15, -0.1) is 0 Å². The molecule has 0 bridgehead atoms. The standard InChI is InChI=1S/C25H27ClN8S/c26-21-20-23(30-22(21)13-1-2-13)31-25(32-24(20)33-8-6-14(27)10-33)35-16-3-4-17-18(9-16)29-7-5-19(17)34-11-15(28)12-34/h3-5,7,9,13-15H,1-2,6,8,10-12,27-28H2,(H,30,31,32)/t14-/m0/s1. The van der Waals surface area contributed by atoms with Gasteiger partial charge >= 0.3 is 0 Å². The summed E-state index contributed by atoms with van der Waals surface area (Å²) in [6.07, 6.45) is 5.15. The number of nitrogens with two attached hydrogens (primary N) is 2. The lowest BCUT2D eigenvalue weighted by atomic mass is 10.1. The highest BCUT2D eigenvalue weighted by atomic mass is 35.5. The number of pyridine rings is 1. The molecular weight excluding hydrogens is 480 g/mol. The van der Waals surface area contributed by atoms with Crippen LogP contribution in [-0.2, 0) is 0 Å². The van der Waals surface area contributed by atoms with Crippen LogP contribution in [0.4, 0.5) is 11.5 Å². The summed E-state index contributed by atoms with van der Waals surface area (Å²) in [5, 5.41) is 3.52. The fourth-order valence-corrected chi connectivity index (χ4v) is 6.37. The van der Waals surface area contributed by atoms with E-state index in [1.165, 1.54) is 18.5 Å². The van der Waals surface area contributed by atoms with Gasteiger partial charge in [-0.3, -0.25) is 4.98 Å². The topological polar surface area (TPSA) is 113 Å². The van der Waals surface area contributed by atoms with Crippen LogP contribution in [0.5, 0.6) is 0 Å². The van der Waals surface area contributed by atoms with Gasteiger partial charge in [0.15, 0.2) is 5.16 Å². The van der Waals surface area contributed by atoms with Gasteiger partial charge in [-0.25, -0.2) is 9.97 Å². The molecule has 1 aromatic carbocycles. The summed E-state index contributed by atoms with van der Waals surface area (Å²) < 4.78 is 0. The average molecular weight is 507 g/mol. The highest BCUT2D eigenvalue weighted by molar-refractivity contribution is 7.99. The molecule has 3 aromatic heterocycles. The van der Waals surface area contributed by atoms with Crippen molar-refractivity contribution < 1.29 is 0 Å². The summed E-state index contributed by atoms with van der Waals surface area (Å²) in [5.41, 5.74) is 16.3. The number of halogens is 1. The van der Waals surface area contributed by atoms with Crippen molar-refractivity contribution in [1.82, 2.24) is 19.9 Å². The maximum atomic E-state index is 6.86. The number of hydrogen-bond acceptors (Lipinski definition) is 8. The van der Waals surface area contributed by atoms with Crippen LogP contribution in [0.15, 0.2) is 40.5 Å². The summed E-state index contributed by atoms with van der Waals surface area (Å²) in [5.74, 6) is 1.39. The van der Waals surface area contributed by atoms with Crippen molar-refractivity contribution in [2.45, 2.75) is 47.3 Å². The Balaban J connectivity index is 1.26. The SMILES string of the molecule is NC1CN(c2ccnc3cc(Sc4nc(N5CC[C@H](N)C5)c5c(Cl)c(C6CC6)[nH]c5n4)ccc23)C1. The molecule has 2 aliphatic heterocycles. The zero-order valence-corrected chi connectivity index (χ0v) is 20.8. The minimum absolute atomic E-state index is 0.151. The lowest BCUT2D eigenvalue weighted by molar-refractivity contribution is 0.521. The van der Waals surface area contributed by atoms with Crippen LogP contribution in [-0.4, -0.2) is 58.2 Å². The van der Waals surface area contributed by atoms with E-state index in [9.17, 15) is 0 Å². The number of anilines is 2. The number of aromatic amines is 1. The van der Waals surface area contributed by atoms with Crippen LogP contribution in [0.1, 0.15) is 30.9 Å². The quantitative estimate of drug-likeness (QED) is 0.349. The molecule has 1 saturated carbocycles. The Hall–Kier alpha value is -2.59. The zero-order chi connectivity index (χ0) is 23.7. The van der Waals surface area contributed by atoms with Crippen molar-refractivity contribution in [3.05, 3.63) is 41.2 Å². The van der Waals surface area contributed by atoms with Gasteiger partial charge in [0.1, 0.15) is 11.5 Å². The molecule has 35 heavy (non-hydrogen) atoms. The van der Waals surface area contributed by atoms with Gasteiger partial charge in [0, 0.05) is 72.0 Å². The van der Waals surface area contributed by atoms with Gasteiger partial charge in [-0.2, -0.15) is 0 Å². The van der Waals surface area contributed by atoms with Crippen molar-refractivity contribution in [1.29, 1.82) is 0 Å². The van der Waals surface area contributed by atoms with E-state index in [2.05, 4.69) is 44.0 Å². The van der Waals surface area contributed by atoms with E-state index in [0.29, 0.717) is 11.1 Å². The molecular formula is C25H27ClN8S.